The minimum Gasteiger partial charge on any atom is -0.509 e. The Bertz CT molecular complexity index is 6010. The number of aromatic hydroxyl groups is 5. The Morgan fingerprint density at radius 1 is 0.342 bits per heavy atom. The van der Waals surface area contributed by atoms with Crippen LogP contribution in [0.15, 0.2) is 326 Å². The van der Waals surface area contributed by atoms with E-state index in [1.54, 1.807) is 0 Å². The van der Waals surface area contributed by atoms with Gasteiger partial charge in [-0.05, 0) is 266 Å². The summed E-state index contributed by atoms with van der Waals surface area (Å²) in [5.41, 5.74) is 26.5. The van der Waals surface area contributed by atoms with Gasteiger partial charge in [-0.1, -0.05) is 239 Å². The predicted octanol–water partition coefficient (Wildman–Crippen LogP) is 19.5. The number of nitrogens with zero attached hydrogens (tertiary/aromatic N) is 2. The molecule has 0 saturated carbocycles. The van der Waals surface area contributed by atoms with Crippen molar-refractivity contribution in [3.8, 4) is 62.1 Å². The highest BCUT2D eigenvalue weighted by molar-refractivity contribution is 6.54. The molecule has 4 unspecified atom stereocenters. The first-order valence-electron chi connectivity index (χ1n) is 40.9. The molecule has 0 heterocycles. The highest BCUT2D eigenvalue weighted by Gasteiger charge is 2.56. The number of fused-ring (bicyclic) bond motifs is 11. The van der Waals surface area contributed by atoms with Crippen LogP contribution in [-0.2, 0) is 16.2 Å². The Hall–Kier alpha value is -12.5. The van der Waals surface area contributed by atoms with E-state index in [1.807, 2.05) is 12.1 Å². The molecule has 10 radical (unpaired) electrons. The van der Waals surface area contributed by atoms with Gasteiger partial charge in [0.1, 0.15) is 50.7 Å². The second-order valence-corrected chi connectivity index (χ2v) is 33.3. The molecule has 554 valence electrons. The fourth-order valence-electron chi connectivity index (χ4n) is 22.6. The van der Waals surface area contributed by atoms with Crippen LogP contribution in [0.25, 0.3) is 44.5 Å². The molecular formula is C105H79B5N2O5. The normalized spacial score (nSPS) is 21.2. The highest BCUT2D eigenvalue weighted by atomic mass is 16.3. The van der Waals surface area contributed by atoms with Crippen LogP contribution < -0.4 is 37.1 Å². The molecule has 6 atom stereocenters. The molecule has 0 aromatic heterocycles. The number of hydrogen-bond donors (Lipinski definition) is 5. The third-order valence-electron chi connectivity index (χ3n) is 27.8. The lowest BCUT2D eigenvalue weighted by Gasteiger charge is -2.43. The summed E-state index contributed by atoms with van der Waals surface area (Å²) < 4.78 is 0. The summed E-state index contributed by atoms with van der Waals surface area (Å²) in [4.78, 5) is 4.73. The van der Waals surface area contributed by atoms with E-state index in [-0.39, 0.29) is 62.5 Å². The van der Waals surface area contributed by atoms with Crippen LogP contribution in [0.3, 0.4) is 0 Å². The van der Waals surface area contributed by atoms with Crippen molar-refractivity contribution in [2.24, 2.45) is 23.7 Å². The Labute approximate surface area is 690 Å². The first kappa shape index (κ1) is 72.2. The number of phenolic OH excluding ortho intramolecular Hbond substituents is 5. The van der Waals surface area contributed by atoms with Crippen molar-refractivity contribution in [1.29, 1.82) is 0 Å². The second-order valence-electron chi connectivity index (χ2n) is 33.3. The van der Waals surface area contributed by atoms with Crippen LogP contribution in [0.2, 0.25) is 0 Å². The van der Waals surface area contributed by atoms with E-state index in [0.29, 0.717) is 36.8 Å². The average Bonchev–Trinajstić information content (AvgIpc) is 1.54. The SMILES string of the molecule is [B]c1c([B])c(O)c(C23CC4=C[C@@H](C5=CCCC2=C5c2ccc(N(c5ccc(-c6ccccc6)cc5)c5ccc6c(c5)C(c5ccccc5)(c5ccccc5)c5cc(N(c7ccc(-c8ccccc8)cc7)c7ccc8c(c7)C7(c9c([B])c([B])c(O)c(O)c9O)CC9=C[C@H](C%10=CCCC7=C%108)C(C=C)CC9)ccc5-6)cc23)C(C=C)CC4)c([B])c1O. The molecule has 9 aliphatic rings. The summed E-state index contributed by atoms with van der Waals surface area (Å²) in [5, 5.41) is 60.8. The zero-order valence-corrected chi connectivity index (χ0v) is 64.9. The largest absolute Gasteiger partial charge is 0.509 e. The number of hydrogen-bond acceptors (Lipinski definition) is 7. The van der Waals surface area contributed by atoms with Crippen molar-refractivity contribution in [2.45, 2.75) is 80.5 Å². The van der Waals surface area contributed by atoms with Crippen LogP contribution >= 0.6 is 0 Å². The minimum atomic E-state index is -1.13. The first-order valence-corrected chi connectivity index (χ1v) is 40.9. The van der Waals surface area contributed by atoms with E-state index >= 15 is 0 Å². The smallest absolute Gasteiger partial charge is 0.199 e. The van der Waals surface area contributed by atoms with Gasteiger partial charge in [0.2, 0.25) is 0 Å². The molecule has 9 aliphatic carbocycles. The Morgan fingerprint density at radius 3 is 1.12 bits per heavy atom. The third kappa shape index (κ3) is 10.4. The molecule has 5 N–H and O–H groups in total. The van der Waals surface area contributed by atoms with Gasteiger partial charge < -0.3 is 35.3 Å². The quantitative estimate of drug-likeness (QED) is 0.0319. The van der Waals surface area contributed by atoms with Crippen molar-refractivity contribution in [3.05, 3.63) is 381 Å². The maximum Gasteiger partial charge on any atom is 0.199 e. The van der Waals surface area contributed by atoms with Gasteiger partial charge in [-0.25, -0.2) is 0 Å². The number of rotatable bonds is 14. The monoisotopic (exact) mass is 1500 g/mol. The van der Waals surface area contributed by atoms with Crippen LogP contribution in [-0.4, -0.2) is 64.8 Å². The molecule has 12 aromatic carbocycles. The van der Waals surface area contributed by atoms with Crippen molar-refractivity contribution >= 4 is 112 Å². The van der Waals surface area contributed by atoms with Crippen LogP contribution in [0.5, 0.6) is 28.7 Å². The molecule has 0 aliphatic heterocycles. The summed E-state index contributed by atoms with van der Waals surface area (Å²) in [6.45, 7) is 8.77. The van der Waals surface area contributed by atoms with E-state index in [9.17, 15) is 25.5 Å². The number of phenols is 5. The highest BCUT2D eigenvalue weighted by Crippen LogP contribution is 2.68. The van der Waals surface area contributed by atoms with Gasteiger partial charge >= 0.3 is 0 Å². The van der Waals surface area contributed by atoms with Gasteiger partial charge in [0.05, 0.1) is 5.41 Å². The van der Waals surface area contributed by atoms with Gasteiger partial charge in [-0.15, -0.1) is 13.2 Å². The minimum absolute atomic E-state index is 0.00863. The van der Waals surface area contributed by atoms with Crippen LogP contribution in [0, 0.1) is 23.7 Å². The Morgan fingerprint density at radius 2 is 0.701 bits per heavy atom. The molecule has 12 heteroatoms. The number of anilines is 6. The van der Waals surface area contributed by atoms with Crippen molar-refractivity contribution in [3.63, 3.8) is 0 Å². The zero-order chi connectivity index (χ0) is 79.7. The number of allylic oxidation sites excluding steroid dienone is 14. The van der Waals surface area contributed by atoms with Gasteiger partial charge in [0.15, 0.2) is 17.2 Å². The van der Waals surface area contributed by atoms with Crippen molar-refractivity contribution in [1.82, 2.24) is 0 Å². The van der Waals surface area contributed by atoms with E-state index in [0.717, 1.165) is 173 Å². The van der Waals surface area contributed by atoms with Crippen molar-refractivity contribution < 1.29 is 25.5 Å². The van der Waals surface area contributed by atoms with E-state index in [2.05, 4.69) is 290 Å². The lowest BCUT2D eigenvalue weighted by atomic mass is 9.58. The van der Waals surface area contributed by atoms with E-state index in [1.165, 1.54) is 22.3 Å². The lowest BCUT2D eigenvalue weighted by Crippen LogP contribution is -2.42. The molecule has 117 heavy (non-hydrogen) atoms. The maximum atomic E-state index is 12.8. The van der Waals surface area contributed by atoms with Gasteiger partial charge in [-0.3, -0.25) is 0 Å². The molecule has 12 bridgehead atoms. The lowest BCUT2D eigenvalue weighted by molar-refractivity contribution is 0.361. The van der Waals surface area contributed by atoms with Crippen molar-refractivity contribution in [2.75, 3.05) is 9.80 Å². The van der Waals surface area contributed by atoms with Crippen LogP contribution in [0.4, 0.5) is 34.1 Å². The van der Waals surface area contributed by atoms with E-state index in [4.69, 9.17) is 39.2 Å². The Kier molecular flexibility index (Phi) is 16.9. The molecule has 21 rings (SSSR count). The third-order valence-corrected chi connectivity index (χ3v) is 27.8. The predicted molar refractivity (Wildman–Crippen MR) is 480 cm³/mol. The maximum absolute atomic E-state index is 12.8. The fourth-order valence-corrected chi connectivity index (χ4v) is 22.6. The molecular weight excluding hydrogens is 1420 g/mol. The topological polar surface area (TPSA) is 108 Å². The first-order chi connectivity index (χ1) is 57.0. The van der Waals surface area contributed by atoms with E-state index < -0.39 is 33.5 Å². The Balaban J connectivity index is 0.790. The van der Waals surface area contributed by atoms with Gasteiger partial charge in [0.25, 0.3) is 0 Å². The molecule has 0 amide bonds. The summed E-state index contributed by atoms with van der Waals surface area (Å²) in [7, 11) is 34.7. The molecule has 0 spiro atoms. The molecule has 0 saturated heterocycles. The fraction of sp³-hybridized carbons (Fsp3) is 0.162. The van der Waals surface area contributed by atoms with Gasteiger partial charge in [-0.2, -0.15) is 0 Å². The second kappa shape index (κ2) is 27.3. The molecule has 7 nitrogen and oxygen atoms in total. The average molecular weight is 1500 g/mol. The number of benzene rings is 12. The summed E-state index contributed by atoms with van der Waals surface area (Å²) >= 11 is 0. The summed E-state index contributed by atoms with van der Waals surface area (Å²) in [5.74, 6) is -1.79. The molecule has 0 fully saturated rings. The summed E-state index contributed by atoms with van der Waals surface area (Å²) in [6.07, 6.45) is 21.2. The zero-order valence-electron chi connectivity index (χ0n) is 64.9. The summed E-state index contributed by atoms with van der Waals surface area (Å²) in [6, 6.07) is 87.9. The van der Waals surface area contributed by atoms with Crippen LogP contribution in [0.1, 0.15) is 120 Å². The van der Waals surface area contributed by atoms with Gasteiger partial charge in [0, 0.05) is 67.9 Å². The molecule has 12 aromatic rings. The standard InChI is InChI=1S/C105H79B5N2O5/c1-3-61-33-31-59-51-81(61)77-27-17-29-83-89(77)79-49-45-71(53-85(79)103(83,57-59)91-93(106)95(108)101(116)102(117)99(91)114)111(69-39-35-65(36-40-69)63-19-9-5-10-20-63)73-43-47-75-76-48-44-74(56-88(76)105(87(75)55-73,67-23-13-7-14-24-67)68-25-15-8-16-26-68)112(70-41-37-66(38-42-70)64-21-11-6-12-22-64)72-46-50-80-86(54-72)104(92-94(107)100(115)97(110)96(109)98(92)113)58-60-32-34-62(4-2)82(52-60)78-28-18-30-84(104)90(78)80/h3-16,19-28,35-56,61-62,81-82,113-117H,1-2,17-18,29-34,57-58H2/t61?,62?,81-,82+,103?,104?/m0/s1.